The van der Waals surface area contributed by atoms with E-state index < -0.39 is 14.4 Å². The second kappa shape index (κ2) is 10.5. The van der Waals surface area contributed by atoms with Gasteiger partial charge in [0.25, 0.3) is 0 Å². The van der Waals surface area contributed by atoms with Gasteiger partial charge in [-0.15, -0.1) is 0 Å². The second-order valence-corrected chi connectivity index (χ2v) is 12.9. The number of nitrogens with one attached hydrogen (secondary N) is 1. The molecule has 0 fully saturated rings. The van der Waals surface area contributed by atoms with Gasteiger partial charge in [-0.1, -0.05) is 51.1 Å². The molecule has 0 aromatic heterocycles. The van der Waals surface area contributed by atoms with Crippen molar-refractivity contribution in [3.05, 3.63) is 35.9 Å². The normalized spacial score (nSPS) is 13.0. The molecule has 1 aromatic carbocycles. The number of alkyl carbamates (subject to hydrolysis) is 1. The Kier molecular flexibility index (Phi) is 8.98. The Morgan fingerprint density at radius 2 is 1.78 bits per heavy atom. The van der Waals surface area contributed by atoms with E-state index in [0.717, 1.165) is 5.56 Å². The molecule has 0 aliphatic carbocycles. The minimum Gasteiger partial charge on any atom is -0.469 e. The third kappa shape index (κ3) is 8.58. The van der Waals surface area contributed by atoms with E-state index >= 15 is 0 Å². The first-order valence-corrected chi connectivity index (χ1v) is 12.1. The zero-order valence-corrected chi connectivity index (χ0v) is 18.3. The summed E-state index contributed by atoms with van der Waals surface area (Å²) in [7, 11) is -0.610. The van der Waals surface area contributed by atoms with Gasteiger partial charge >= 0.3 is 12.1 Å². The number of carbonyl (C=O) groups excluding carboxylic acids is 2. The number of rotatable bonds is 9. The van der Waals surface area contributed by atoms with Gasteiger partial charge in [0.2, 0.25) is 0 Å². The topological polar surface area (TPSA) is 73.9 Å². The van der Waals surface area contributed by atoms with Gasteiger partial charge in [0.1, 0.15) is 6.61 Å². The fraction of sp³-hybridized carbons (Fsp3) is 0.600. The summed E-state index contributed by atoms with van der Waals surface area (Å²) >= 11 is 0. The lowest BCUT2D eigenvalue weighted by Gasteiger charge is -2.37. The number of hydrogen-bond donors (Lipinski definition) is 1. The molecular formula is C20H33NO5Si. The molecule has 0 heterocycles. The smallest absolute Gasteiger partial charge is 0.407 e. The molecule has 1 N–H and O–H groups in total. The fourth-order valence-electron chi connectivity index (χ4n) is 2.05. The average molecular weight is 396 g/mol. The van der Waals surface area contributed by atoms with Gasteiger partial charge in [0.15, 0.2) is 8.32 Å². The van der Waals surface area contributed by atoms with Crippen molar-refractivity contribution in [1.29, 1.82) is 0 Å². The molecule has 1 rings (SSSR count). The zero-order chi connectivity index (χ0) is 20.5. The number of esters is 1. The third-order valence-corrected chi connectivity index (χ3v) is 9.41. The standard InChI is InChI=1S/C20H33NO5Si/c1-20(2,3)27(5,6)26-15-17(12-13-18(22)24-4)21-19(23)25-14-16-10-8-7-9-11-16/h7-11,17H,12-15H2,1-6H3,(H,21,23)/t17-/m1/s1. The molecular weight excluding hydrogens is 362 g/mol. The van der Waals surface area contributed by atoms with Gasteiger partial charge in [-0.2, -0.15) is 0 Å². The molecule has 27 heavy (non-hydrogen) atoms. The number of methoxy groups -OCH3 is 1. The first kappa shape index (κ1) is 23.2. The summed E-state index contributed by atoms with van der Waals surface area (Å²) in [6.07, 6.45) is 0.121. The van der Waals surface area contributed by atoms with Crippen LogP contribution in [0, 0.1) is 0 Å². The molecule has 152 valence electrons. The number of benzene rings is 1. The molecule has 1 aromatic rings. The van der Waals surface area contributed by atoms with Crippen molar-refractivity contribution in [2.45, 2.75) is 64.4 Å². The van der Waals surface area contributed by atoms with E-state index in [1.807, 2.05) is 30.3 Å². The molecule has 0 radical (unpaired) electrons. The van der Waals surface area contributed by atoms with Gasteiger partial charge in [-0.25, -0.2) is 4.79 Å². The molecule has 6 nitrogen and oxygen atoms in total. The van der Waals surface area contributed by atoms with Crippen LogP contribution in [0.1, 0.15) is 39.2 Å². The Labute approximate surface area is 163 Å². The van der Waals surface area contributed by atoms with E-state index in [-0.39, 0.29) is 30.1 Å². The van der Waals surface area contributed by atoms with Crippen molar-refractivity contribution in [2.24, 2.45) is 0 Å². The Hall–Kier alpha value is -1.86. The summed E-state index contributed by atoms with van der Waals surface area (Å²) in [5, 5.41) is 2.88. The van der Waals surface area contributed by atoms with Crippen LogP contribution in [0.3, 0.4) is 0 Å². The average Bonchev–Trinajstić information content (AvgIpc) is 2.61. The highest BCUT2D eigenvalue weighted by atomic mass is 28.4. The maximum atomic E-state index is 12.2. The summed E-state index contributed by atoms with van der Waals surface area (Å²) in [4.78, 5) is 23.6. The van der Waals surface area contributed by atoms with Crippen molar-refractivity contribution < 1.29 is 23.5 Å². The van der Waals surface area contributed by atoms with E-state index in [4.69, 9.17) is 13.9 Å². The molecule has 1 amide bonds. The van der Waals surface area contributed by atoms with E-state index in [0.29, 0.717) is 13.0 Å². The largest absolute Gasteiger partial charge is 0.469 e. The minimum absolute atomic E-state index is 0.0632. The van der Waals surface area contributed by atoms with E-state index in [1.165, 1.54) is 7.11 Å². The Bertz CT molecular complexity index is 598. The molecule has 0 saturated heterocycles. The third-order valence-electron chi connectivity index (χ3n) is 4.91. The predicted molar refractivity (Wildman–Crippen MR) is 108 cm³/mol. The van der Waals surface area contributed by atoms with Gasteiger partial charge in [-0.05, 0) is 30.1 Å². The van der Waals surface area contributed by atoms with Crippen molar-refractivity contribution in [1.82, 2.24) is 5.32 Å². The lowest BCUT2D eigenvalue weighted by atomic mass is 10.2. The maximum absolute atomic E-state index is 12.2. The summed E-state index contributed by atoms with van der Waals surface area (Å²) < 4.78 is 16.2. The van der Waals surface area contributed by atoms with E-state index in [2.05, 4.69) is 39.2 Å². The highest BCUT2D eigenvalue weighted by Crippen LogP contribution is 2.36. The predicted octanol–water partition coefficient (Wildman–Crippen LogP) is 4.26. The lowest BCUT2D eigenvalue weighted by Crippen LogP contribution is -2.46. The summed E-state index contributed by atoms with van der Waals surface area (Å²) in [5.41, 5.74) is 0.913. The van der Waals surface area contributed by atoms with Crippen LogP contribution in [0.25, 0.3) is 0 Å². The number of amides is 1. The Balaban J connectivity index is 2.61. The van der Waals surface area contributed by atoms with Gasteiger partial charge in [0.05, 0.1) is 19.8 Å². The quantitative estimate of drug-likeness (QED) is 0.500. The summed E-state index contributed by atoms with van der Waals surface area (Å²) in [6.45, 7) is 11.3. The van der Waals surface area contributed by atoms with Crippen molar-refractivity contribution >= 4 is 20.4 Å². The van der Waals surface area contributed by atoms with Gasteiger partial charge < -0.3 is 19.2 Å². The Morgan fingerprint density at radius 3 is 2.33 bits per heavy atom. The highest BCUT2D eigenvalue weighted by molar-refractivity contribution is 6.74. The maximum Gasteiger partial charge on any atom is 0.407 e. The van der Waals surface area contributed by atoms with Crippen molar-refractivity contribution in [3.8, 4) is 0 Å². The van der Waals surface area contributed by atoms with Crippen LogP contribution in [0.5, 0.6) is 0 Å². The molecule has 0 spiro atoms. The van der Waals surface area contributed by atoms with Crippen LogP contribution >= 0.6 is 0 Å². The van der Waals surface area contributed by atoms with Crippen LogP contribution < -0.4 is 5.32 Å². The second-order valence-electron chi connectivity index (χ2n) is 8.09. The zero-order valence-electron chi connectivity index (χ0n) is 17.3. The monoisotopic (exact) mass is 395 g/mol. The number of hydrogen-bond acceptors (Lipinski definition) is 5. The molecule has 7 heteroatoms. The molecule has 0 aliphatic heterocycles. The summed E-state index contributed by atoms with van der Waals surface area (Å²) in [5.74, 6) is -0.313. The number of ether oxygens (including phenoxy) is 2. The molecule has 0 aliphatic rings. The van der Waals surface area contributed by atoms with Crippen LogP contribution in [0.2, 0.25) is 18.1 Å². The molecule has 0 bridgehead atoms. The first-order chi connectivity index (χ1) is 12.5. The first-order valence-electron chi connectivity index (χ1n) is 9.23. The van der Waals surface area contributed by atoms with Crippen LogP contribution in [0.15, 0.2) is 30.3 Å². The number of carbonyl (C=O) groups is 2. The van der Waals surface area contributed by atoms with Crippen molar-refractivity contribution in [3.63, 3.8) is 0 Å². The summed E-state index contributed by atoms with van der Waals surface area (Å²) in [6, 6.07) is 9.16. The van der Waals surface area contributed by atoms with E-state index in [9.17, 15) is 9.59 Å². The van der Waals surface area contributed by atoms with Gasteiger partial charge in [-0.3, -0.25) is 4.79 Å². The fourth-order valence-corrected chi connectivity index (χ4v) is 3.10. The highest BCUT2D eigenvalue weighted by Gasteiger charge is 2.37. The molecule has 1 atom stereocenters. The molecule has 0 unspecified atom stereocenters. The SMILES string of the molecule is COC(=O)CC[C@H](CO[Si](C)(C)C(C)(C)C)NC(=O)OCc1ccccc1. The van der Waals surface area contributed by atoms with Crippen LogP contribution in [-0.4, -0.2) is 40.1 Å². The Morgan fingerprint density at radius 1 is 1.15 bits per heavy atom. The van der Waals surface area contributed by atoms with Gasteiger partial charge in [0, 0.05) is 6.42 Å². The van der Waals surface area contributed by atoms with E-state index in [1.54, 1.807) is 0 Å². The molecule has 0 saturated carbocycles. The minimum atomic E-state index is -1.96. The lowest BCUT2D eigenvalue weighted by molar-refractivity contribution is -0.140. The van der Waals surface area contributed by atoms with Crippen LogP contribution in [-0.2, 0) is 25.3 Å². The van der Waals surface area contributed by atoms with Crippen LogP contribution in [0.4, 0.5) is 4.79 Å². The van der Waals surface area contributed by atoms with Crippen molar-refractivity contribution in [2.75, 3.05) is 13.7 Å².